The highest BCUT2D eigenvalue weighted by molar-refractivity contribution is 5.89. The van der Waals surface area contributed by atoms with Gasteiger partial charge in [0.25, 0.3) is 0 Å². The smallest absolute Gasteiger partial charge is 0.338 e. The summed E-state index contributed by atoms with van der Waals surface area (Å²) in [6, 6.07) is 14.6. The van der Waals surface area contributed by atoms with Crippen LogP contribution in [-0.4, -0.2) is 29.8 Å². The molecule has 0 amide bonds. The molecular weight excluding hydrogens is 358 g/mol. The van der Waals surface area contributed by atoms with Gasteiger partial charge in [-0.25, -0.2) is 4.79 Å². The Kier molecular flexibility index (Phi) is 6.62. The molecule has 0 atom stereocenters. The summed E-state index contributed by atoms with van der Waals surface area (Å²) in [5, 5.41) is 7.21. The Labute approximate surface area is 163 Å². The number of ether oxygens (including phenoxy) is 2. The van der Waals surface area contributed by atoms with E-state index in [1.165, 1.54) is 0 Å². The molecular formula is C21H23N3O4. The second-order valence-electron chi connectivity index (χ2n) is 6.13. The van der Waals surface area contributed by atoms with E-state index in [-0.39, 0.29) is 5.97 Å². The number of hydrogen-bond acceptors (Lipinski definition) is 7. The maximum Gasteiger partial charge on any atom is 0.338 e. The summed E-state index contributed by atoms with van der Waals surface area (Å²) in [7, 11) is 1.60. The molecule has 7 heteroatoms. The molecule has 0 radical (unpaired) electrons. The van der Waals surface area contributed by atoms with Crippen molar-refractivity contribution >= 4 is 11.7 Å². The van der Waals surface area contributed by atoms with E-state index in [0.29, 0.717) is 36.2 Å². The van der Waals surface area contributed by atoms with Crippen molar-refractivity contribution in [2.24, 2.45) is 0 Å². The molecule has 0 aliphatic heterocycles. The number of esters is 1. The van der Waals surface area contributed by atoms with Crippen molar-refractivity contribution in [1.29, 1.82) is 0 Å². The average Bonchev–Trinajstić information content (AvgIpc) is 3.21. The number of benzene rings is 2. The first-order chi connectivity index (χ1) is 13.7. The number of carbonyl (C=O) groups excluding carboxylic acids is 1. The van der Waals surface area contributed by atoms with Gasteiger partial charge in [0.05, 0.1) is 31.4 Å². The monoisotopic (exact) mass is 381 g/mol. The molecule has 7 nitrogen and oxygen atoms in total. The number of methoxy groups -OCH3 is 1. The van der Waals surface area contributed by atoms with Gasteiger partial charge in [-0.05, 0) is 42.8 Å². The lowest BCUT2D eigenvalue weighted by Crippen LogP contribution is -2.06. The number of rotatable bonds is 9. The largest absolute Gasteiger partial charge is 0.496 e. The standard InChI is InChI=1S/C21H23N3O4/c1-3-4-13-27-21(25)15-9-11-16(12-10-15)22-14-19-23-20(24-28-19)17-7-5-6-8-18(17)26-2/h5-12,22H,3-4,13-14H2,1-2H3. The lowest BCUT2D eigenvalue weighted by Gasteiger charge is -2.06. The topological polar surface area (TPSA) is 86.5 Å². The van der Waals surface area contributed by atoms with Gasteiger partial charge in [-0.15, -0.1) is 0 Å². The van der Waals surface area contributed by atoms with E-state index < -0.39 is 0 Å². The second kappa shape index (κ2) is 9.55. The van der Waals surface area contributed by atoms with Crippen LogP contribution >= 0.6 is 0 Å². The van der Waals surface area contributed by atoms with E-state index in [9.17, 15) is 4.79 Å². The first kappa shape index (κ1) is 19.4. The fourth-order valence-corrected chi connectivity index (χ4v) is 2.56. The van der Waals surface area contributed by atoms with Gasteiger partial charge >= 0.3 is 5.97 Å². The van der Waals surface area contributed by atoms with Gasteiger partial charge in [-0.3, -0.25) is 0 Å². The van der Waals surface area contributed by atoms with Crippen molar-refractivity contribution in [3.63, 3.8) is 0 Å². The molecule has 0 saturated carbocycles. The normalized spacial score (nSPS) is 10.5. The average molecular weight is 381 g/mol. The van der Waals surface area contributed by atoms with Gasteiger partial charge in [0.1, 0.15) is 5.75 Å². The second-order valence-corrected chi connectivity index (χ2v) is 6.13. The lowest BCUT2D eigenvalue weighted by molar-refractivity contribution is 0.0500. The molecule has 0 aliphatic carbocycles. The van der Waals surface area contributed by atoms with E-state index in [2.05, 4.69) is 22.4 Å². The fourth-order valence-electron chi connectivity index (χ4n) is 2.56. The fraction of sp³-hybridized carbons (Fsp3) is 0.286. The summed E-state index contributed by atoms with van der Waals surface area (Å²) >= 11 is 0. The van der Waals surface area contributed by atoms with Crippen LogP contribution in [0.5, 0.6) is 5.75 Å². The predicted molar refractivity (Wildman–Crippen MR) is 105 cm³/mol. The Morgan fingerprint density at radius 1 is 1.14 bits per heavy atom. The first-order valence-electron chi connectivity index (χ1n) is 9.18. The van der Waals surface area contributed by atoms with Crippen LogP contribution in [0.25, 0.3) is 11.4 Å². The molecule has 1 aromatic heterocycles. The molecule has 3 aromatic rings. The number of carbonyl (C=O) groups is 1. The molecule has 146 valence electrons. The Morgan fingerprint density at radius 2 is 1.93 bits per heavy atom. The summed E-state index contributed by atoms with van der Waals surface area (Å²) in [5.41, 5.74) is 2.13. The maximum absolute atomic E-state index is 11.9. The van der Waals surface area contributed by atoms with Crippen LogP contribution in [0.15, 0.2) is 53.1 Å². The number of para-hydroxylation sites is 1. The van der Waals surface area contributed by atoms with Gasteiger partial charge in [-0.1, -0.05) is 30.6 Å². The molecule has 28 heavy (non-hydrogen) atoms. The Balaban J connectivity index is 1.58. The van der Waals surface area contributed by atoms with Crippen molar-refractivity contribution in [2.75, 3.05) is 19.0 Å². The number of anilines is 1. The highest BCUT2D eigenvalue weighted by Crippen LogP contribution is 2.27. The van der Waals surface area contributed by atoms with Crippen LogP contribution in [0.3, 0.4) is 0 Å². The Morgan fingerprint density at radius 3 is 2.68 bits per heavy atom. The lowest BCUT2D eigenvalue weighted by atomic mass is 10.2. The van der Waals surface area contributed by atoms with Gasteiger partial charge in [0.2, 0.25) is 11.7 Å². The van der Waals surface area contributed by atoms with Gasteiger partial charge in [0, 0.05) is 5.69 Å². The molecule has 0 aliphatic rings. The van der Waals surface area contributed by atoms with Crippen molar-refractivity contribution in [3.8, 4) is 17.1 Å². The van der Waals surface area contributed by atoms with Crippen molar-refractivity contribution < 1.29 is 18.8 Å². The van der Waals surface area contributed by atoms with Crippen LogP contribution in [-0.2, 0) is 11.3 Å². The Hall–Kier alpha value is -3.35. The maximum atomic E-state index is 11.9. The number of hydrogen-bond donors (Lipinski definition) is 1. The van der Waals surface area contributed by atoms with E-state index in [4.69, 9.17) is 14.0 Å². The third-order valence-electron chi connectivity index (χ3n) is 4.11. The molecule has 0 saturated heterocycles. The minimum atomic E-state index is -0.307. The van der Waals surface area contributed by atoms with Gasteiger partial charge in [0.15, 0.2) is 0 Å². The molecule has 0 bridgehead atoms. The van der Waals surface area contributed by atoms with Crippen LogP contribution < -0.4 is 10.1 Å². The highest BCUT2D eigenvalue weighted by atomic mass is 16.5. The number of nitrogens with one attached hydrogen (secondary N) is 1. The SMILES string of the molecule is CCCCOC(=O)c1ccc(NCc2nc(-c3ccccc3OC)no2)cc1. The zero-order chi connectivity index (χ0) is 19.8. The van der Waals surface area contributed by atoms with Gasteiger partial charge in [-0.2, -0.15) is 4.98 Å². The van der Waals surface area contributed by atoms with Crippen LogP contribution in [0.4, 0.5) is 5.69 Å². The number of nitrogens with zero attached hydrogens (tertiary/aromatic N) is 2. The van der Waals surface area contributed by atoms with Crippen molar-refractivity contribution in [2.45, 2.75) is 26.3 Å². The zero-order valence-corrected chi connectivity index (χ0v) is 16.0. The van der Waals surface area contributed by atoms with Crippen LogP contribution in [0.1, 0.15) is 36.0 Å². The zero-order valence-electron chi connectivity index (χ0n) is 16.0. The van der Waals surface area contributed by atoms with Crippen LogP contribution in [0.2, 0.25) is 0 Å². The summed E-state index contributed by atoms with van der Waals surface area (Å²) in [6.07, 6.45) is 1.86. The highest BCUT2D eigenvalue weighted by Gasteiger charge is 2.13. The molecule has 0 unspecified atom stereocenters. The minimum absolute atomic E-state index is 0.307. The summed E-state index contributed by atoms with van der Waals surface area (Å²) in [6.45, 7) is 2.86. The molecule has 0 spiro atoms. The van der Waals surface area contributed by atoms with E-state index in [1.54, 1.807) is 19.2 Å². The summed E-state index contributed by atoms with van der Waals surface area (Å²) < 4.78 is 15.8. The predicted octanol–water partition coefficient (Wildman–Crippen LogP) is 4.31. The summed E-state index contributed by atoms with van der Waals surface area (Å²) in [4.78, 5) is 16.3. The molecule has 3 rings (SSSR count). The van der Waals surface area contributed by atoms with Crippen molar-refractivity contribution in [3.05, 3.63) is 60.0 Å². The van der Waals surface area contributed by atoms with E-state index >= 15 is 0 Å². The van der Waals surface area contributed by atoms with Crippen molar-refractivity contribution in [1.82, 2.24) is 10.1 Å². The third-order valence-corrected chi connectivity index (χ3v) is 4.11. The molecule has 1 heterocycles. The first-order valence-corrected chi connectivity index (χ1v) is 9.18. The Bertz CT molecular complexity index is 906. The molecule has 2 aromatic carbocycles. The third kappa shape index (κ3) is 4.88. The molecule has 1 N–H and O–H groups in total. The molecule has 0 fully saturated rings. The quantitative estimate of drug-likeness (QED) is 0.436. The van der Waals surface area contributed by atoms with Crippen LogP contribution in [0, 0.1) is 0 Å². The van der Waals surface area contributed by atoms with Gasteiger partial charge < -0.3 is 19.3 Å². The number of aromatic nitrogens is 2. The number of unbranched alkanes of at least 4 members (excludes halogenated alkanes) is 1. The minimum Gasteiger partial charge on any atom is -0.496 e. The summed E-state index contributed by atoms with van der Waals surface area (Å²) in [5.74, 6) is 1.30. The van der Waals surface area contributed by atoms with E-state index in [0.717, 1.165) is 24.1 Å². The van der Waals surface area contributed by atoms with E-state index in [1.807, 2.05) is 36.4 Å².